The summed E-state index contributed by atoms with van der Waals surface area (Å²) in [4.78, 5) is 0. The molecule has 112 valence electrons. The molecule has 0 aromatic heterocycles. The maximum atomic E-state index is 13.0. The lowest BCUT2D eigenvalue weighted by Gasteiger charge is -2.19. The van der Waals surface area contributed by atoms with E-state index in [-0.39, 0.29) is 10.5 Å². The first-order valence-electron chi connectivity index (χ1n) is 6.12. The van der Waals surface area contributed by atoms with Gasteiger partial charge in [0.25, 0.3) is 0 Å². The van der Waals surface area contributed by atoms with E-state index in [1.165, 1.54) is 12.1 Å². The van der Waals surface area contributed by atoms with E-state index < -0.39 is 11.7 Å². The number of hydrogen-bond acceptors (Lipinski definition) is 1. The summed E-state index contributed by atoms with van der Waals surface area (Å²) in [7, 11) is 1.72. The second-order valence-electron chi connectivity index (χ2n) is 4.51. The van der Waals surface area contributed by atoms with Gasteiger partial charge in [-0.05, 0) is 42.4 Å². The van der Waals surface area contributed by atoms with Crippen molar-refractivity contribution in [1.29, 1.82) is 0 Å². The van der Waals surface area contributed by atoms with Crippen LogP contribution in [0.3, 0.4) is 0 Å². The molecule has 1 atom stereocenters. The van der Waals surface area contributed by atoms with Crippen LogP contribution in [0.2, 0.25) is 0 Å². The summed E-state index contributed by atoms with van der Waals surface area (Å²) >= 11 is 6.30. The summed E-state index contributed by atoms with van der Waals surface area (Å²) in [5, 5.41) is 3.05. The minimum absolute atomic E-state index is 0.0457. The average molecular weight is 423 g/mol. The molecular weight excluding hydrogens is 411 g/mol. The van der Waals surface area contributed by atoms with Gasteiger partial charge in [0.15, 0.2) is 0 Å². The van der Waals surface area contributed by atoms with Crippen LogP contribution in [-0.2, 0) is 6.18 Å². The van der Waals surface area contributed by atoms with Gasteiger partial charge in [-0.25, -0.2) is 0 Å². The molecule has 0 heterocycles. The van der Waals surface area contributed by atoms with Crippen LogP contribution >= 0.6 is 31.9 Å². The van der Waals surface area contributed by atoms with Gasteiger partial charge in [-0.15, -0.1) is 0 Å². The van der Waals surface area contributed by atoms with Crippen molar-refractivity contribution in [2.45, 2.75) is 12.2 Å². The maximum absolute atomic E-state index is 13.0. The molecule has 0 radical (unpaired) electrons. The molecule has 0 amide bonds. The first-order chi connectivity index (χ1) is 9.82. The maximum Gasteiger partial charge on any atom is 0.417 e. The minimum atomic E-state index is -4.38. The Labute approximate surface area is 137 Å². The second kappa shape index (κ2) is 6.50. The number of rotatable bonds is 3. The normalized spacial score (nSPS) is 13.2. The highest BCUT2D eigenvalue weighted by atomic mass is 79.9. The average Bonchev–Trinajstić information content (AvgIpc) is 2.42. The zero-order valence-corrected chi connectivity index (χ0v) is 14.2. The molecule has 2 aromatic carbocycles. The molecule has 0 aliphatic heterocycles. The highest BCUT2D eigenvalue weighted by Gasteiger charge is 2.33. The van der Waals surface area contributed by atoms with Crippen LogP contribution in [0, 0.1) is 0 Å². The molecule has 1 unspecified atom stereocenters. The standard InChI is InChI=1S/C15H12Br2F3N/c1-21-14(9-2-5-11(16)6-3-9)10-4-7-13(17)12(8-10)15(18,19)20/h2-8,14,21H,1H3. The van der Waals surface area contributed by atoms with Crippen LogP contribution < -0.4 is 5.32 Å². The summed E-state index contributed by atoms with van der Waals surface area (Å²) in [5.41, 5.74) is 0.795. The Morgan fingerprint density at radius 3 is 2.05 bits per heavy atom. The Hall–Kier alpha value is -0.850. The van der Waals surface area contributed by atoms with Crippen molar-refractivity contribution in [3.8, 4) is 0 Å². The van der Waals surface area contributed by atoms with E-state index in [2.05, 4.69) is 37.2 Å². The molecular formula is C15H12Br2F3N. The van der Waals surface area contributed by atoms with Crippen molar-refractivity contribution in [3.05, 3.63) is 68.1 Å². The van der Waals surface area contributed by atoms with Gasteiger partial charge in [0, 0.05) is 8.95 Å². The van der Waals surface area contributed by atoms with Gasteiger partial charge < -0.3 is 5.32 Å². The third-order valence-electron chi connectivity index (χ3n) is 3.12. The zero-order valence-electron chi connectivity index (χ0n) is 11.0. The molecule has 2 rings (SSSR count). The number of nitrogens with one attached hydrogen (secondary N) is 1. The largest absolute Gasteiger partial charge is 0.417 e. The Morgan fingerprint density at radius 1 is 0.952 bits per heavy atom. The molecule has 0 spiro atoms. The van der Waals surface area contributed by atoms with Gasteiger partial charge >= 0.3 is 6.18 Å². The smallest absolute Gasteiger partial charge is 0.309 e. The molecule has 0 saturated heterocycles. The lowest BCUT2D eigenvalue weighted by atomic mass is 9.97. The molecule has 0 aliphatic rings. The van der Waals surface area contributed by atoms with Gasteiger partial charge in [-0.2, -0.15) is 13.2 Å². The third-order valence-corrected chi connectivity index (χ3v) is 4.34. The Kier molecular flexibility index (Phi) is 5.11. The van der Waals surface area contributed by atoms with E-state index in [4.69, 9.17) is 0 Å². The first-order valence-corrected chi connectivity index (χ1v) is 7.71. The van der Waals surface area contributed by atoms with Crippen molar-refractivity contribution in [2.24, 2.45) is 0 Å². The van der Waals surface area contributed by atoms with Crippen LogP contribution in [0.15, 0.2) is 51.4 Å². The molecule has 1 N–H and O–H groups in total. The fourth-order valence-electron chi connectivity index (χ4n) is 2.12. The molecule has 0 aliphatic carbocycles. The van der Waals surface area contributed by atoms with Crippen LogP contribution in [0.1, 0.15) is 22.7 Å². The zero-order chi connectivity index (χ0) is 15.6. The number of alkyl halides is 3. The van der Waals surface area contributed by atoms with Gasteiger partial charge in [0.2, 0.25) is 0 Å². The van der Waals surface area contributed by atoms with Crippen LogP contribution in [0.25, 0.3) is 0 Å². The molecule has 6 heteroatoms. The first kappa shape index (κ1) is 16.5. The molecule has 1 nitrogen and oxygen atoms in total. The SMILES string of the molecule is CNC(c1ccc(Br)cc1)c1ccc(Br)c(C(F)(F)F)c1. The van der Waals surface area contributed by atoms with E-state index in [1.807, 2.05) is 24.3 Å². The van der Waals surface area contributed by atoms with E-state index in [9.17, 15) is 13.2 Å². The van der Waals surface area contributed by atoms with E-state index in [0.29, 0.717) is 5.56 Å². The van der Waals surface area contributed by atoms with E-state index in [0.717, 1.165) is 10.0 Å². The monoisotopic (exact) mass is 421 g/mol. The van der Waals surface area contributed by atoms with E-state index in [1.54, 1.807) is 13.1 Å². The number of benzene rings is 2. The van der Waals surface area contributed by atoms with Crippen molar-refractivity contribution >= 4 is 31.9 Å². The van der Waals surface area contributed by atoms with Gasteiger partial charge in [0.05, 0.1) is 11.6 Å². The Bertz CT molecular complexity index is 624. The quantitative estimate of drug-likeness (QED) is 0.684. The van der Waals surface area contributed by atoms with Gasteiger partial charge in [0.1, 0.15) is 0 Å². The molecule has 0 saturated carbocycles. The molecule has 0 bridgehead atoms. The molecule has 21 heavy (non-hydrogen) atoms. The second-order valence-corrected chi connectivity index (χ2v) is 6.28. The van der Waals surface area contributed by atoms with E-state index >= 15 is 0 Å². The van der Waals surface area contributed by atoms with Crippen molar-refractivity contribution < 1.29 is 13.2 Å². The fraction of sp³-hybridized carbons (Fsp3) is 0.200. The summed E-state index contributed by atoms with van der Waals surface area (Å²) < 4.78 is 40.0. The minimum Gasteiger partial charge on any atom is -0.309 e. The molecule has 2 aromatic rings. The van der Waals surface area contributed by atoms with Gasteiger partial charge in [-0.3, -0.25) is 0 Å². The topological polar surface area (TPSA) is 12.0 Å². The molecule has 0 fully saturated rings. The number of halogens is 5. The van der Waals surface area contributed by atoms with Crippen molar-refractivity contribution in [2.75, 3.05) is 7.05 Å². The summed E-state index contributed by atoms with van der Waals surface area (Å²) in [6, 6.07) is 11.5. The number of hydrogen-bond donors (Lipinski definition) is 1. The highest BCUT2D eigenvalue weighted by molar-refractivity contribution is 9.10. The lowest BCUT2D eigenvalue weighted by molar-refractivity contribution is -0.138. The predicted octanol–water partition coefficient (Wildman–Crippen LogP) is 5.54. The van der Waals surface area contributed by atoms with Crippen molar-refractivity contribution in [1.82, 2.24) is 5.32 Å². The van der Waals surface area contributed by atoms with Crippen LogP contribution in [0.5, 0.6) is 0 Å². The Balaban J connectivity index is 2.46. The third kappa shape index (κ3) is 3.87. The highest BCUT2D eigenvalue weighted by Crippen LogP contribution is 2.37. The lowest BCUT2D eigenvalue weighted by Crippen LogP contribution is -2.18. The summed E-state index contributed by atoms with van der Waals surface area (Å²) in [5.74, 6) is 0. The van der Waals surface area contributed by atoms with Crippen molar-refractivity contribution in [3.63, 3.8) is 0 Å². The summed E-state index contributed by atoms with van der Waals surface area (Å²) in [6.45, 7) is 0. The summed E-state index contributed by atoms with van der Waals surface area (Å²) in [6.07, 6.45) is -4.38. The van der Waals surface area contributed by atoms with Gasteiger partial charge in [-0.1, -0.05) is 50.1 Å². The predicted molar refractivity (Wildman–Crippen MR) is 84.2 cm³/mol. The van der Waals surface area contributed by atoms with Crippen LogP contribution in [0.4, 0.5) is 13.2 Å². The fourth-order valence-corrected chi connectivity index (χ4v) is 2.86. The Morgan fingerprint density at radius 2 is 1.52 bits per heavy atom. The van der Waals surface area contributed by atoms with Crippen LogP contribution in [-0.4, -0.2) is 7.05 Å².